The van der Waals surface area contributed by atoms with E-state index in [1.165, 1.54) is 4.90 Å². The van der Waals surface area contributed by atoms with E-state index in [1.54, 1.807) is 0 Å². The summed E-state index contributed by atoms with van der Waals surface area (Å²) >= 11 is 0. The van der Waals surface area contributed by atoms with Crippen molar-refractivity contribution in [1.82, 2.24) is 10.2 Å². The molecule has 0 unspecified atom stereocenters. The molecule has 4 N–H and O–H groups in total. The first-order chi connectivity index (χ1) is 11.0. The third kappa shape index (κ3) is 4.70. The van der Waals surface area contributed by atoms with E-state index in [9.17, 15) is 19.5 Å². The highest BCUT2D eigenvalue weighted by molar-refractivity contribution is 5.86. The average molecular weight is 319 g/mol. The molecule has 1 saturated heterocycles. The lowest BCUT2D eigenvalue weighted by Crippen LogP contribution is -2.50. The minimum atomic E-state index is -1.08. The Balaban J connectivity index is 1.98. The van der Waals surface area contributed by atoms with Crippen molar-refractivity contribution >= 4 is 17.9 Å². The summed E-state index contributed by atoms with van der Waals surface area (Å²) in [6.07, 6.45) is 1.51. The number of aliphatic carboxylic acids is 1. The maximum absolute atomic E-state index is 12.3. The number of amides is 3. The van der Waals surface area contributed by atoms with E-state index in [2.05, 4.69) is 5.32 Å². The quantitative estimate of drug-likeness (QED) is 0.737. The number of piperidine rings is 1. The Bertz CT molecular complexity index is 576. The molecule has 0 aliphatic carbocycles. The van der Waals surface area contributed by atoms with E-state index in [-0.39, 0.29) is 18.9 Å². The second-order valence-electron chi connectivity index (χ2n) is 5.71. The number of nitrogens with zero attached hydrogens (tertiary/aromatic N) is 1. The Kier molecular flexibility index (Phi) is 5.56. The fourth-order valence-electron chi connectivity index (χ4n) is 2.73. The van der Waals surface area contributed by atoms with Crippen molar-refractivity contribution in [1.29, 1.82) is 0 Å². The first kappa shape index (κ1) is 16.8. The minimum Gasteiger partial charge on any atom is -0.480 e. The molecule has 3 amide bonds. The predicted octanol–water partition coefficient (Wildman–Crippen LogP) is 0.589. The number of primary amides is 1. The van der Waals surface area contributed by atoms with Crippen molar-refractivity contribution < 1.29 is 19.5 Å². The van der Waals surface area contributed by atoms with E-state index < -0.39 is 24.0 Å². The van der Waals surface area contributed by atoms with Crippen LogP contribution in [0, 0.1) is 5.92 Å². The smallest absolute Gasteiger partial charge is 0.326 e. The Morgan fingerprint density at radius 3 is 2.61 bits per heavy atom. The van der Waals surface area contributed by atoms with Crippen LogP contribution in [0.1, 0.15) is 18.4 Å². The van der Waals surface area contributed by atoms with E-state index in [4.69, 9.17) is 5.73 Å². The monoisotopic (exact) mass is 319 g/mol. The fourth-order valence-corrected chi connectivity index (χ4v) is 2.73. The molecule has 0 bridgehead atoms. The molecular weight excluding hydrogens is 298 g/mol. The van der Waals surface area contributed by atoms with Gasteiger partial charge in [-0.2, -0.15) is 0 Å². The van der Waals surface area contributed by atoms with E-state index in [0.29, 0.717) is 19.4 Å². The fraction of sp³-hybridized carbons (Fsp3) is 0.438. The number of hydrogen-bond acceptors (Lipinski definition) is 3. The summed E-state index contributed by atoms with van der Waals surface area (Å²) in [5.74, 6) is -1.85. The number of carbonyl (C=O) groups is 3. The van der Waals surface area contributed by atoms with E-state index >= 15 is 0 Å². The minimum absolute atomic E-state index is 0.216. The van der Waals surface area contributed by atoms with Crippen LogP contribution in [0.2, 0.25) is 0 Å². The maximum Gasteiger partial charge on any atom is 0.326 e. The molecule has 2 rings (SSSR count). The SMILES string of the molecule is NC(=O)N1CCC[C@H](C(=O)N[C@@H](Cc2ccccc2)C(=O)O)C1. The highest BCUT2D eigenvalue weighted by Crippen LogP contribution is 2.17. The van der Waals surface area contributed by atoms with Gasteiger partial charge in [-0.25, -0.2) is 9.59 Å². The van der Waals surface area contributed by atoms with Crippen molar-refractivity contribution in [3.05, 3.63) is 35.9 Å². The lowest BCUT2D eigenvalue weighted by Gasteiger charge is -2.31. The zero-order valence-electron chi connectivity index (χ0n) is 12.8. The van der Waals surface area contributed by atoms with Gasteiger partial charge in [0.1, 0.15) is 6.04 Å². The summed E-state index contributed by atoms with van der Waals surface area (Å²) in [7, 11) is 0. The van der Waals surface area contributed by atoms with Crippen LogP contribution >= 0.6 is 0 Å². The van der Waals surface area contributed by atoms with Crippen molar-refractivity contribution in [2.45, 2.75) is 25.3 Å². The van der Waals surface area contributed by atoms with Gasteiger partial charge in [0.15, 0.2) is 0 Å². The molecule has 1 aromatic rings. The summed E-state index contributed by atoms with van der Waals surface area (Å²) in [4.78, 5) is 36.3. The molecule has 0 spiro atoms. The number of carboxylic acids is 1. The number of urea groups is 1. The van der Waals surface area contributed by atoms with E-state index in [0.717, 1.165) is 5.56 Å². The van der Waals surface area contributed by atoms with Crippen LogP contribution in [0.5, 0.6) is 0 Å². The number of benzene rings is 1. The van der Waals surface area contributed by atoms with Gasteiger partial charge in [-0.05, 0) is 18.4 Å². The third-order valence-electron chi connectivity index (χ3n) is 4.00. The number of carbonyl (C=O) groups excluding carboxylic acids is 2. The van der Waals surface area contributed by atoms with Gasteiger partial charge in [-0.3, -0.25) is 4.79 Å². The Morgan fingerprint density at radius 2 is 2.00 bits per heavy atom. The first-order valence-electron chi connectivity index (χ1n) is 7.59. The highest BCUT2D eigenvalue weighted by Gasteiger charge is 2.30. The molecule has 0 aromatic heterocycles. The molecule has 7 heteroatoms. The molecule has 1 aliphatic heterocycles. The van der Waals surface area contributed by atoms with Crippen LogP contribution in [0.4, 0.5) is 4.79 Å². The Hall–Kier alpha value is -2.57. The largest absolute Gasteiger partial charge is 0.480 e. The van der Waals surface area contributed by atoms with Crippen LogP contribution in [0.25, 0.3) is 0 Å². The molecule has 1 aliphatic rings. The summed E-state index contributed by atoms with van der Waals surface area (Å²) in [6.45, 7) is 0.768. The summed E-state index contributed by atoms with van der Waals surface area (Å²) < 4.78 is 0. The number of likely N-dealkylation sites (tertiary alicyclic amines) is 1. The Morgan fingerprint density at radius 1 is 1.30 bits per heavy atom. The molecule has 2 atom stereocenters. The van der Waals surface area contributed by atoms with Gasteiger partial charge in [0.05, 0.1) is 5.92 Å². The second kappa shape index (κ2) is 7.62. The standard InChI is InChI=1S/C16H21N3O4/c17-16(23)19-8-4-7-12(10-19)14(20)18-13(15(21)22)9-11-5-2-1-3-6-11/h1-3,5-6,12-13H,4,7-10H2,(H2,17,23)(H,18,20)(H,21,22)/t12-,13-/m0/s1. The normalized spacial score (nSPS) is 19.0. The van der Waals surface area contributed by atoms with Crippen LogP contribution in [0.15, 0.2) is 30.3 Å². The summed E-state index contributed by atoms with van der Waals surface area (Å²) in [5.41, 5.74) is 6.08. The zero-order valence-corrected chi connectivity index (χ0v) is 12.8. The zero-order chi connectivity index (χ0) is 16.8. The number of rotatable bonds is 5. The second-order valence-corrected chi connectivity index (χ2v) is 5.71. The van der Waals surface area contributed by atoms with Gasteiger partial charge in [0.2, 0.25) is 5.91 Å². The molecule has 0 saturated carbocycles. The Labute approximate surface area is 134 Å². The number of nitrogens with one attached hydrogen (secondary N) is 1. The van der Waals surface area contributed by atoms with Crippen LogP contribution in [-0.4, -0.2) is 47.0 Å². The lowest BCUT2D eigenvalue weighted by atomic mass is 9.96. The van der Waals surface area contributed by atoms with Crippen LogP contribution in [0.3, 0.4) is 0 Å². The number of nitrogens with two attached hydrogens (primary N) is 1. The molecular formula is C16H21N3O4. The lowest BCUT2D eigenvalue weighted by molar-refractivity contribution is -0.142. The highest BCUT2D eigenvalue weighted by atomic mass is 16.4. The summed E-state index contributed by atoms with van der Waals surface area (Å²) in [6, 6.07) is 7.58. The van der Waals surface area contributed by atoms with Crippen molar-refractivity contribution in [2.75, 3.05) is 13.1 Å². The van der Waals surface area contributed by atoms with Crippen molar-refractivity contribution in [3.63, 3.8) is 0 Å². The van der Waals surface area contributed by atoms with Gasteiger partial charge >= 0.3 is 12.0 Å². The molecule has 0 radical (unpaired) electrons. The molecule has 23 heavy (non-hydrogen) atoms. The summed E-state index contributed by atoms with van der Waals surface area (Å²) in [5, 5.41) is 11.9. The number of hydrogen-bond donors (Lipinski definition) is 3. The van der Waals surface area contributed by atoms with Crippen molar-refractivity contribution in [2.24, 2.45) is 11.7 Å². The number of carboxylic acid groups (broad SMARTS) is 1. The van der Waals surface area contributed by atoms with Gasteiger partial charge in [-0.1, -0.05) is 30.3 Å². The molecule has 1 aromatic carbocycles. The van der Waals surface area contributed by atoms with Crippen LogP contribution in [-0.2, 0) is 16.0 Å². The van der Waals surface area contributed by atoms with Gasteiger partial charge in [-0.15, -0.1) is 0 Å². The van der Waals surface area contributed by atoms with E-state index in [1.807, 2.05) is 30.3 Å². The van der Waals surface area contributed by atoms with Gasteiger partial charge < -0.3 is 21.1 Å². The van der Waals surface area contributed by atoms with Gasteiger partial charge in [0, 0.05) is 19.5 Å². The molecule has 1 fully saturated rings. The van der Waals surface area contributed by atoms with Crippen LogP contribution < -0.4 is 11.1 Å². The predicted molar refractivity (Wildman–Crippen MR) is 83.6 cm³/mol. The molecule has 124 valence electrons. The maximum atomic E-state index is 12.3. The third-order valence-corrected chi connectivity index (χ3v) is 4.00. The van der Waals surface area contributed by atoms with Crippen molar-refractivity contribution in [3.8, 4) is 0 Å². The van der Waals surface area contributed by atoms with Gasteiger partial charge in [0.25, 0.3) is 0 Å². The first-order valence-corrected chi connectivity index (χ1v) is 7.59. The average Bonchev–Trinajstić information content (AvgIpc) is 2.55. The topological polar surface area (TPSA) is 113 Å². The molecule has 7 nitrogen and oxygen atoms in total. The molecule has 1 heterocycles.